The third-order valence-corrected chi connectivity index (χ3v) is 7.80. The van der Waals surface area contributed by atoms with Gasteiger partial charge in [-0.25, -0.2) is 4.39 Å². The summed E-state index contributed by atoms with van der Waals surface area (Å²) in [6.45, 7) is 8.74. The van der Waals surface area contributed by atoms with E-state index in [2.05, 4.69) is 10.6 Å². The molecule has 6 nitrogen and oxygen atoms in total. The smallest absolute Gasteiger partial charge is 0.235 e. The van der Waals surface area contributed by atoms with Crippen molar-refractivity contribution >= 4 is 40.6 Å². The van der Waals surface area contributed by atoms with Gasteiger partial charge in [-0.05, 0) is 81.1 Å². The number of carbonyl (C=O) groups is 3. The van der Waals surface area contributed by atoms with Crippen molar-refractivity contribution in [1.82, 2.24) is 0 Å². The highest BCUT2D eigenvalue weighted by molar-refractivity contribution is 6.31. The van der Waals surface area contributed by atoms with E-state index in [1.807, 2.05) is 52.0 Å². The predicted molar refractivity (Wildman–Crippen MR) is 150 cm³/mol. The van der Waals surface area contributed by atoms with Crippen LogP contribution in [-0.4, -0.2) is 28.3 Å². The van der Waals surface area contributed by atoms with Crippen molar-refractivity contribution in [3.8, 4) is 0 Å². The SMILES string of the molecule is Cc1ccc(C)c(NC(=O)C2C(=O)CC(C)(O)C(C(=O)Nc3cc(C)ccc3C)C2c2c(F)cccc2Cl)c1. The number of aliphatic hydroxyl groups is 1. The van der Waals surface area contributed by atoms with Gasteiger partial charge in [0.1, 0.15) is 17.5 Å². The molecule has 0 radical (unpaired) electrons. The molecule has 39 heavy (non-hydrogen) atoms. The molecule has 0 aliphatic heterocycles. The lowest BCUT2D eigenvalue weighted by Gasteiger charge is -2.44. The molecule has 0 spiro atoms. The van der Waals surface area contributed by atoms with E-state index in [1.54, 1.807) is 12.1 Å². The van der Waals surface area contributed by atoms with E-state index in [9.17, 15) is 19.5 Å². The highest BCUT2D eigenvalue weighted by Gasteiger charge is 2.57. The molecule has 3 aromatic rings. The van der Waals surface area contributed by atoms with Crippen LogP contribution >= 0.6 is 11.6 Å². The number of carbonyl (C=O) groups excluding carboxylic acids is 3. The van der Waals surface area contributed by atoms with Crippen LogP contribution in [0.15, 0.2) is 54.6 Å². The number of rotatable bonds is 5. The van der Waals surface area contributed by atoms with Crippen LogP contribution in [0.5, 0.6) is 0 Å². The molecule has 8 heteroatoms. The number of halogens is 2. The lowest BCUT2D eigenvalue weighted by Crippen LogP contribution is -2.56. The lowest BCUT2D eigenvalue weighted by atomic mass is 9.61. The van der Waals surface area contributed by atoms with Gasteiger partial charge in [-0.3, -0.25) is 14.4 Å². The first-order chi connectivity index (χ1) is 18.3. The Balaban J connectivity index is 1.85. The molecule has 1 aliphatic carbocycles. The zero-order valence-corrected chi connectivity index (χ0v) is 23.3. The molecule has 0 heterocycles. The van der Waals surface area contributed by atoms with Crippen LogP contribution in [0, 0.1) is 45.3 Å². The van der Waals surface area contributed by atoms with Crippen molar-refractivity contribution in [1.29, 1.82) is 0 Å². The van der Waals surface area contributed by atoms with Crippen LogP contribution in [0.25, 0.3) is 0 Å². The van der Waals surface area contributed by atoms with Gasteiger partial charge in [0, 0.05) is 34.3 Å². The van der Waals surface area contributed by atoms with Crippen LogP contribution in [0.4, 0.5) is 15.8 Å². The van der Waals surface area contributed by atoms with Gasteiger partial charge in [-0.15, -0.1) is 0 Å². The monoisotopic (exact) mass is 550 g/mol. The second kappa shape index (κ2) is 10.9. The number of hydrogen-bond donors (Lipinski definition) is 3. The molecule has 3 N–H and O–H groups in total. The number of ketones is 1. The summed E-state index contributed by atoms with van der Waals surface area (Å²) in [5.41, 5.74) is 2.33. The Labute approximate surface area is 232 Å². The molecule has 1 fully saturated rings. The maximum Gasteiger partial charge on any atom is 0.235 e. The topological polar surface area (TPSA) is 95.5 Å². The van der Waals surface area contributed by atoms with E-state index in [1.165, 1.54) is 19.1 Å². The summed E-state index contributed by atoms with van der Waals surface area (Å²) in [7, 11) is 0. The first-order valence-electron chi connectivity index (χ1n) is 12.8. The van der Waals surface area contributed by atoms with Crippen LogP contribution in [0.1, 0.15) is 47.1 Å². The second-order valence-electron chi connectivity index (χ2n) is 10.7. The van der Waals surface area contributed by atoms with Gasteiger partial charge < -0.3 is 15.7 Å². The van der Waals surface area contributed by atoms with Gasteiger partial charge in [0.15, 0.2) is 0 Å². The van der Waals surface area contributed by atoms with Crippen molar-refractivity contribution in [3.05, 3.63) is 93.3 Å². The standard InChI is InChI=1S/C31H32ClFN2O4/c1-16-9-11-18(3)22(13-16)34-29(37)26-24(36)15-31(5,39)28(27(26)25-20(32)7-6-8-21(25)33)30(38)35-23-14-17(2)10-12-19(23)4/h6-14,26-28,39H,15H2,1-5H3,(H,34,37)(H,35,38). The van der Waals surface area contributed by atoms with Gasteiger partial charge in [-0.2, -0.15) is 0 Å². The Hall–Kier alpha value is -3.55. The van der Waals surface area contributed by atoms with E-state index in [4.69, 9.17) is 11.6 Å². The first-order valence-corrected chi connectivity index (χ1v) is 13.1. The Morgan fingerprint density at radius 1 is 0.923 bits per heavy atom. The lowest BCUT2D eigenvalue weighted by molar-refractivity contribution is -0.150. The summed E-state index contributed by atoms with van der Waals surface area (Å²) in [6.07, 6.45) is -0.467. The molecule has 0 saturated heterocycles. The van der Waals surface area contributed by atoms with Crippen molar-refractivity contribution in [2.45, 2.75) is 52.6 Å². The van der Waals surface area contributed by atoms with E-state index < -0.39 is 53.2 Å². The molecule has 0 aromatic heterocycles. The van der Waals surface area contributed by atoms with Gasteiger partial charge in [-0.1, -0.05) is 41.9 Å². The Morgan fingerprint density at radius 2 is 1.46 bits per heavy atom. The third-order valence-electron chi connectivity index (χ3n) is 7.47. The fraction of sp³-hybridized carbons (Fsp3) is 0.323. The number of benzene rings is 3. The minimum atomic E-state index is -1.88. The average molecular weight is 551 g/mol. The van der Waals surface area contributed by atoms with Crippen LogP contribution in [0.2, 0.25) is 5.02 Å². The third kappa shape index (κ3) is 5.75. The number of amides is 2. The minimum Gasteiger partial charge on any atom is -0.389 e. The zero-order chi connectivity index (χ0) is 28.6. The van der Waals surface area contributed by atoms with E-state index >= 15 is 4.39 Å². The fourth-order valence-corrected chi connectivity index (χ4v) is 5.72. The molecular formula is C31H32ClFN2O4. The summed E-state index contributed by atoms with van der Waals surface area (Å²) >= 11 is 6.46. The quantitative estimate of drug-likeness (QED) is 0.338. The van der Waals surface area contributed by atoms with Crippen molar-refractivity contribution < 1.29 is 23.9 Å². The maximum absolute atomic E-state index is 15.4. The normalized spacial score (nSPS) is 22.9. The number of hydrogen-bond acceptors (Lipinski definition) is 4. The van der Waals surface area contributed by atoms with Crippen molar-refractivity contribution in [3.63, 3.8) is 0 Å². The summed E-state index contributed by atoms with van der Waals surface area (Å²) in [6, 6.07) is 15.0. The van der Waals surface area contributed by atoms with Crippen molar-refractivity contribution in [2.75, 3.05) is 10.6 Å². The molecule has 204 valence electrons. The average Bonchev–Trinajstić information content (AvgIpc) is 2.82. The van der Waals surface area contributed by atoms with Crippen molar-refractivity contribution in [2.24, 2.45) is 11.8 Å². The van der Waals surface area contributed by atoms with Gasteiger partial charge in [0.05, 0.1) is 11.5 Å². The molecule has 1 saturated carbocycles. The van der Waals surface area contributed by atoms with Crippen LogP contribution in [0.3, 0.4) is 0 Å². The summed E-state index contributed by atoms with van der Waals surface area (Å²) in [4.78, 5) is 41.2. The maximum atomic E-state index is 15.4. The molecule has 0 bridgehead atoms. The number of nitrogens with one attached hydrogen (secondary N) is 2. The summed E-state index contributed by atoms with van der Waals surface area (Å²) in [5, 5.41) is 17.1. The zero-order valence-electron chi connectivity index (χ0n) is 22.6. The molecule has 4 unspecified atom stereocenters. The molecule has 4 atom stereocenters. The predicted octanol–water partition coefficient (Wildman–Crippen LogP) is 6.03. The van der Waals surface area contributed by atoms with Crippen LogP contribution in [-0.2, 0) is 14.4 Å². The molecule has 2 amide bonds. The van der Waals surface area contributed by atoms with E-state index in [0.717, 1.165) is 28.3 Å². The van der Waals surface area contributed by atoms with E-state index in [-0.39, 0.29) is 10.6 Å². The van der Waals surface area contributed by atoms with Gasteiger partial charge >= 0.3 is 0 Å². The van der Waals surface area contributed by atoms with Gasteiger partial charge in [0.2, 0.25) is 11.8 Å². The second-order valence-corrected chi connectivity index (χ2v) is 11.1. The van der Waals surface area contributed by atoms with Crippen LogP contribution < -0.4 is 10.6 Å². The number of Topliss-reactive ketones (excluding diaryl/α,β-unsaturated/α-hetero) is 1. The number of aryl methyl sites for hydroxylation is 4. The Kier molecular flexibility index (Phi) is 7.96. The first kappa shape index (κ1) is 28.5. The molecule has 1 aliphatic rings. The van der Waals surface area contributed by atoms with Gasteiger partial charge in [0.25, 0.3) is 0 Å². The van der Waals surface area contributed by atoms with E-state index in [0.29, 0.717) is 11.4 Å². The summed E-state index contributed by atoms with van der Waals surface area (Å²) in [5.74, 6) is -6.94. The highest BCUT2D eigenvalue weighted by atomic mass is 35.5. The molecule has 3 aromatic carbocycles. The molecule has 4 rings (SSSR count). The Bertz CT molecular complexity index is 1450. The Morgan fingerprint density at radius 3 is 2.00 bits per heavy atom. The largest absolute Gasteiger partial charge is 0.389 e. The highest BCUT2D eigenvalue weighted by Crippen LogP contribution is 2.49. The number of anilines is 2. The summed E-state index contributed by atoms with van der Waals surface area (Å²) < 4.78 is 15.4. The molecular weight excluding hydrogens is 519 g/mol. The minimum absolute atomic E-state index is 0.0421. The fourth-order valence-electron chi connectivity index (χ4n) is 5.43.